The van der Waals surface area contributed by atoms with Crippen LogP contribution in [0.25, 0.3) is 0 Å². The largest absolute Gasteiger partial charge is 0.386 e. The first-order valence-electron chi connectivity index (χ1n) is 4.40. The highest BCUT2D eigenvalue weighted by atomic mass is 16.3. The van der Waals surface area contributed by atoms with Crippen LogP contribution in [0.1, 0.15) is 40.5 Å². The van der Waals surface area contributed by atoms with Gasteiger partial charge in [0, 0.05) is 0 Å². The number of allylic oxidation sites excluding steroid dienone is 1. The lowest BCUT2D eigenvalue weighted by atomic mass is 9.90. The molecule has 0 saturated heterocycles. The Morgan fingerprint density at radius 2 is 2.00 bits per heavy atom. The summed E-state index contributed by atoms with van der Waals surface area (Å²) in [6, 6.07) is 0. The molecule has 0 saturated carbocycles. The van der Waals surface area contributed by atoms with Gasteiger partial charge in [-0.2, -0.15) is 0 Å². The Morgan fingerprint density at radius 3 is 2.27 bits per heavy atom. The molecule has 1 unspecified atom stereocenters. The highest BCUT2D eigenvalue weighted by molar-refractivity contribution is 4.99. The second kappa shape index (κ2) is 4.55. The van der Waals surface area contributed by atoms with Crippen molar-refractivity contribution in [1.82, 2.24) is 0 Å². The maximum Gasteiger partial charge on any atom is 0.0827 e. The lowest BCUT2D eigenvalue weighted by Crippen LogP contribution is -2.26. The summed E-state index contributed by atoms with van der Waals surface area (Å²) in [4.78, 5) is 0. The minimum atomic E-state index is -0.567. The molecule has 66 valence electrons. The van der Waals surface area contributed by atoms with Crippen LogP contribution in [0.4, 0.5) is 0 Å². The molecule has 0 aromatic heterocycles. The van der Waals surface area contributed by atoms with Crippen LogP contribution in [-0.2, 0) is 0 Å². The molecular formula is C10H20O. The lowest BCUT2D eigenvalue weighted by Gasteiger charge is -2.24. The van der Waals surface area contributed by atoms with Gasteiger partial charge in [-0.1, -0.05) is 32.9 Å². The fourth-order valence-electron chi connectivity index (χ4n) is 1.35. The molecule has 1 N–H and O–H groups in total. The van der Waals surface area contributed by atoms with Crippen LogP contribution >= 0.6 is 0 Å². The summed E-state index contributed by atoms with van der Waals surface area (Å²) in [7, 11) is 0. The van der Waals surface area contributed by atoms with E-state index in [1.54, 1.807) is 0 Å². The van der Waals surface area contributed by atoms with Gasteiger partial charge in [-0.3, -0.25) is 0 Å². The summed E-state index contributed by atoms with van der Waals surface area (Å²) in [5.41, 5.74) is -0.567. The molecule has 0 aliphatic rings. The standard InChI is InChI=1S/C10H20O/c1-5-7-10(11,6-2)8-9(3)4/h5,7,9,11H,6,8H2,1-4H3/b7-5+. The average molecular weight is 156 g/mol. The van der Waals surface area contributed by atoms with E-state index < -0.39 is 5.60 Å². The van der Waals surface area contributed by atoms with Crippen LogP contribution in [0.5, 0.6) is 0 Å². The van der Waals surface area contributed by atoms with Gasteiger partial charge in [-0.05, 0) is 25.7 Å². The van der Waals surface area contributed by atoms with Gasteiger partial charge in [0.2, 0.25) is 0 Å². The molecule has 0 aliphatic heterocycles. The second-order valence-corrected chi connectivity index (χ2v) is 3.56. The maximum absolute atomic E-state index is 9.90. The SMILES string of the molecule is C/C=C/C(O)(CC)CC(C)C. The average Bonchev–Trinajstić information content (AvgIpc) is 1.87. The zero-order valence-electron chi connectivity index (χ0n) is 8.09. The fourth-order valence-corrected chi connectivity index (χ4v) is 1.35. The van der Waals surface area contributed by atoms with Gasteiger partial charge < -0.3 is 5.11 Å². The molecule has 0 spiro atoms. The smallest absolute Gasteiger partial charge is 0.0827 e. The van der Waals surface area contributed by atoms with Gasteiger partial charge >= 0.3 is 0 Å². The van der Waals surface area contributed by atoms with Crippen LogP contribution in [-0.4, -0.2) is 10.7 Å². The molecule has 0 aromatic rings. The number of hydrogen-bond acceptors (Lipinski definition) is 1. The minimum absolute atomic E-state index is 0.552. The fraction of sp³-hybridized carbons (Fsp3) is 0.800. The van der Waals surface area contributed by atoms with E-state index in [1.807, 2.05) is 26.0 Å². The highest BCUT2D eigenvalue weighted by Crippen LogP contribution is 2.21. The van der Waals surface area contributed by atoms with Crippen molar-refractivity contribution in [3.63, 3.8) is 0 Å². The first-order valence-corrected chi connectivity index (χ1v) is 4.40. The molecule has 0 radical (unpaired) electrons. The molecule has 0 aliphatic carbocycles. The first kappa shape index (κ1) is 10.7. The van der Waals surface area contributed by atoms with Crippen molar-refractivity contribution in [2.45, 2.75) is 46.1 Å². The predicted molar refractivity (Wildman–Crippen MR) is 49.5 cm³/mol. The third-order valence-electron chi connectivity index (χ3n) is 1.85. The van der Waals surface area contributed by atoms with Crippen LogP contribution < -0.4 is 0 Å². The summed E-state index contributed by atoms with van der Waals surface area (Å²) >= 11 is 0. The summed E-state index contributed by atoms with van der Waals surface area (Å²) in [6.07, 6.45) is 5.47. The van der Waals surface area contributed by atoms with Crippen molar-refractivity contribution < 1.29 is 5.11 Å². The van der Waals surface area contributed by atoms with Crippen molar-refractivity contribution in [3.8, 4) is 0 Å². The number of aliphatic hydroxyl groups is 1. The Morgan fingerprint density at radius 1 is 1.45 bits per heavy atom. The van der Waals surface area contributed by atoms with E-state index in [4.69, 9.17) is 0 Å². The lowest BCUT2D eigenvalue weighted by molar-refractivity contribution is 0.0641. The molecule has 11 heavy (non-hydrogen) atoms. The highest BCUT2D eigenvalue weighted by Gasteiger charge is 2.21. The van der Waals surface area contributed by atoms with Gasteiger partial charge in [0.05, 0.1) is 5.60 Å². The van der Waals surface area contributed by atoms with E-state index >= 15 is 0 Å². The van der Waals surface area contributed by atoms with Crippen LogP contribution in [0.3, 0.4) is 0 Å². The molecule has 0 rings (SSSR count). The second-order valence-electron chi connectivity index (χ2n) is 3.56. The molecule has 0 amide bonds. The quantitative estimate of drug-likeness (QED) is 0.620. The Balaban J connectivity index is 4.10. The molecule has 0 aromatic carbocycles. The normalized spacial score (nSPS) is 17.6. The molecule has 1 nitrogen and oxygen atoms in total. The van der Waals surface area contributed by atoms with Gasteiger partial charge in [-0.25, -0.2) is 0 Å². The van der Waals surface area contributed by atoms with Crippen molar-refractivity contribution in [2.75, 3.05) is 0 Å². The maximum atomic E-state index is 9.90. The third kappa shape index (κ3) is 4.20. The Kier molecular flexibility index (Phi) is 4.43. The molecule has 0 fully saturated rings. The predicted octanol–water partition coefficient (Wildman–Crippen LogP) is 2.75. The first-order chi connectivity index (χ1) is 5.04. The topological polar surface area (TPSA) is 20.2 Å². The van der Waals surface area contributed by atoms with E-state index in [2.05, 4.69) is 13.8 Å². The Bertz CT molecular complexity index is 127. The molecule has 1 heteroatoms. The summed E-state index contributed by atoms with van der Waals surface area (Å²) in [6.45, 7) is 8.22. The van der Waals surface area contributed by atoms with E-state index in [9.17, 15) is 5.11 Å². The number of hydrogen-bond donors (Lipinski definition) is 1. The minimum Gasteiger partial charge on any atom is -0.386 e. The zero-order chi connectivity index (χ0) is 8.91. The molecule has 0 heterocycles. The zero-order valence-corrected chi connectivity index (χ0v) is 8.09. The third-order valence-corrected chi connectivity index (χ3v) is 1.85. The molecule has 1 atom stereocenters. The Labute approximate surface area is 70.1 Å². The van der Waals surface area contributed by atoms with E-state index in [0.717, 1.165) is 12.8 Å². The van der Waals surface area contributed by atoms with Crippen molar-refractivity contribution in [1.29, 1.82) is 0 Å². The molecular weight excluding hydrogens is 136 g/mol. The van der Waals surface area contributed by atoms with Gasteiger partial charge in [0.15, 0.2) is 0 Å². The Hall–Kier alpha value is -0.300. The summed E-state index contributed by atoms with van der Waals surface area (Å²) < 4.78 is 0. The van der Waals surface area contributed by atoms with E-state index in [1.165, 1.54) is 0 Å². The van der Waals surface area contributed by atoms with Gasteiger partial charge in [0.25, 0.3) is 0 Å². The van der Waals surface area contributed by atoms with Gasteiger partial charge in [0.1, 0.15) is 0 Å². The van der Waals surface area contributed by atoms with E-state index in [-0.39, 0.29) is 0 Å². The van der Waals surface area contributed by atoms with Crippen molar-refractivity contribution in [3.05, 3.63) is 12.2 Å². The van der Waals surface area contributed by atoms with Crippen molar-refractivity contribution in [2.24, 2.45) is 5.92 Å². The summed E-state index contributed by atoms with van der Waals surface area (Å²) in [5, 5.41) is 9.90. The summed E-state index contributed by atoms with van der Waals surface area (Å²) in [5.74, 6) is 0.552. The molecule has 0 bridgehead atoms. The van der Waals surface area contributed by atoms with Crippen LogP contribution in [0, 0.1) is 5.92 Å². The van der Waals surface area contributed by atoms with Crippen LogP contribution in [0.15, 0.2) is 12.2 Å². The van der Waals surface area contributed by atoms with Crippen LogP contribution in [0.2, 0.25) is 0 Å². The van der Waals surface area contributed by atoms with Crippen molar-refractivity contribution >= 4 is 0 Å². The van der Waals surface area contributed by atoms with Gasteiger partial charge in [-0.15, -0.1) is 0 Å². The monoisotopic (exact) mass is 156 g/mol. The van der Waals surface area contributed by atoms with E-state index in [0.29, 0.717) is 5.92 Å². The number of rotatable bonds is 4.